The molecule has 3 aromatic carbocycles. The number of thiazole rings is 1. The Balaban J connectivity index is 1.64. The highest BCUT2D eigenvalue weighted by molar-refractivity contribution is 7.17. The van der Waals surface area contributed by atoms with E-state index in [0.717, 1.165) is 27.3 Å². The molecule has 4 aromatic rings. The van der Waals surface area contributed by atoms with Gasteiger partial charge in [-0.15, -0.1) is 11.3 Å². The lowest BCUT2D eigenvalue weighted by molar-refractivity contribution is 0.0950. The molecule has 0 fully saturated rings. The average Bonchev–Trinajstić information content (AvgIpc) is 3.19. The van der Waals surface area contributed by atoms with Crippen LogP contribution in [0.15, 0.2) is 72.8 Å². The van der Waals surface area contributed by atoms with E-state index >= 15 is 0 Å². The Kier molecular flexibility index (Phi) is 6.93. The van der Waals surface area contributed by atoms with Crippen molar-refractivity contribution in [2.24, 2.45) is 0 Å². The first-order chi connectivity index (χ1) is 15.0. The first-order valence-electron chi connectivity index (χ1n) is 9.51. The molecule has 0 aliphatic carbocycles. The molecule has 0 aliphatic heterocycles. The van der Waals surface area contributed by atoms with E-state index in [1.807, 2.05) is 60.7 Å². The summed E-state index contributed by atoms with van der Waals surface area (Å²) in [6.07, 6.45) is 0.483. The zero-order chi connectivity index (χ0) is 21.8. The van der Waals surface area contributed by atoms with Crippen molar-refractivity contribution in [2.45, 2.75) is 13.0 Å². The van der Waals surface area contributed by atoms with E-state index in [4.69, 9.17) is 34.8 Å². The van der Waals surface area contributed by atoms with Crippen LogP contribution in [0.5, 0.6) is 0 Å². The van der Waals surface area contributed by atoms with Gasteiger partial charge in [-0.3, -0.25) is 4.79 Å². The Bertz CT molecular complexity index is 1210. The monoisotopic (exact) mass is 486 g/mol. The topological polar surface area (TPSA) is 42.0 Å². The van der Waals surface area contributed by atoms with Crippen LogP contribution in [0.3, 0.4) is 0 Å². The number of hydrogen-bond acceptors (Lipinski definition) is 3. The van der Waals surface area contributed by atoms with Gasteiger partial charge >= 0.3 is 0 Å². The van der Waals surface area contributed by atoms with E-state index in [1.165, 1.54) is 11.3 Å². The minimum atomic E-state index is -0.211. The number of amides is 1. The zero-order valence-corrected chi connectivity index (χ0v) is 19.3. The van der Waals surface area contributed by atoms with Gasteiger partial charge in [-0.2, -0.15) is 0 Å². The van der Waals surface area contributed by atoms with Crippen molar-refractivity contribution in [1.29, 1.82) is 0 Å². The maximum atomic E-state index is 12.8. The highest BCUT2D eigenvalue weighted by Crippen LogP contribution is 2.34. The molecule has 1 amide bonds. The van der Waals surface area contributed by atoms with Crippen LogP contribution in [0.4, 0.5) is 0 Å². The van der Waals surface area contributed by atoms with Crippen LogP contribution in [-0.4, -0.2) is 10.9 Å². The summed E-state index contributed by atoms with van der Waals surface area (Å²) < 4.78 is 0. The second kappa shape index (κ2) is 9.84. The molecule has 4 rings (SSSR count). The Morgan fingerprint density at radius 1 is 0.903 bits per heavy atom. The predicted octanol–water partition coefficient (Wildman–Crippen LogP) is 7.29. The standard InChI is InChI=1S/C24H17Cl3N2OS/c25-18-9-6-16(7-10-18)22-21(12-17-8-11-19(26)13-20(17)27)29-24(31-22)23(30)28-14-15-4-2-1-3-5-15/h1-11,13H,12,14H2,(H,28,30). The Morgan fingerprint density at radius 3 is 2.32 bits per heavy atom. The number of carbonyl (C=O) groups is 1. The van der Waals surface area contributed by atoms with Gasteiger partial charge in [0.2, 0.25) is 0 Å². The molecule has 156 valence electrons. The number of halogens is 3. The number of benzene rings is 3. The second-order valence-electron chi connectivity index (χ2n) is 6.88. The maximum absolute atomic E-state index is 12.8. The molecule has 1 aromatic heterocycles. The van der Waals surface area contributed by atoms with Crippen molar-refractivity contribution in [2.75, 3.05) is 0 Å². The fraction of sp³-hybridized carbons (Fsp3) is 0.0833. The van der Waals surface area contributed by atoms with Gasteiger partial charge in [0, 0.05) is 28.0 Å². The van der Waals surface area contributed by atoms with E-state index in [2.05, 4.69) is 10.3 Å². The summed E-state index contributed by atoms with van der Waals surface area (Å²) in [5.74, 6) is -0.211. The van der Waals surface area contributed by atoms with Crippen molar-refractivity contribution in [3.63, 3.8) is 0 Å². The fourth-order valence-corrected chi connectivity index (χ4v) is 4.70. The molecule has 0 radical (unpaired) electrons. The zero-order valence-electron chi connectivity index (χ0n) is 16.2. The van der Waals surface area contributed by atoms with Gasteiger partial charge in [0.1, 0.15) is 0 Å². The van der Waals surface area contributed by atoms with E-state index in [-0.39, 0.29) is 5.91 Å². The van der Waals surface area contributed by atoms with Gasteiger partial charge in [0.05, 0.1) is 10.6 Å². The quantitative estimate of drug-likeness (QED) is 0.310. The molecular weight excluding hydrogens is 471 g/mol. The SMILES string of the molecule is O=C(NCc1ccccc1)c1nc(Cc2ccc(Cl)cc2Cl)c(-c2ccc(Cl)cc2)s1. The number of hydrogen-bond donors (Lipinski definition) is 1. The van der Waals surface area contributed by atoms with Crippen LogP contribution in [-0.2, 0) is 13.0 Å². The van der Waals surface area contributed by atoms with E-state index in [1.54, 1.807) is 12.1 Å². The van der Waals surface area contributed by atoms with Crippen LogP contribution in [0.25, 0.3) is 10.4 Å². The maximum Gasteiger partial charge on any atom is 0.280 e. The average molecular weight is 488 g/mol. The summed E-state index contributed by atoms with van der Waals surface area (Å²) in [5.41, 5.74) is 3.65. The Hall–Kier alpha value is -2.37. The van der Waals surface area contributed by atoms with Gasteiger partial charge in [0.25, 0.3) is 5.91 Å². The van der Waals surface area contributed by atoms with Crippen LogP contribution < -0.4 is 5.32 Å². The summed E-state index contributed by atoms with van der Waals surface area (Å²) in [6.45, 7) is 0.438. The summed E-state index contributed by atoms with van der Waals surface area (Å²) in [5, 5.41) is 5.14. The predicted molar refractivity (Wildman–Crippen MR) is 129 cm³/mol. The molecule has 7 heteroatoms. The highest BCUT2D eigenvalue weighted by atomic mass is 35.5. The molecular formula is C24H17Cl3N2OS. The molecule has 0 aliphatic rings. The van der Waals surface area contributed by atoms with Crippen LogP contribution >= 0.6 is 46.1 Å². The van der Waals surface area contributed by atoms with Crippen molar-refractivity contribution in [3.05, 3.63) is 110 Å². The normalized spacial score (nSPS) is 10.8. The third-order valence-corrected chi connectivity index (χ3v) is 6.65. The molecule has 0 spiro atoms. The molecule has 1 heterocycles. The molecule has 0 atom stereocenters. The highest BCUT2D eigenvalue weighted by Gasteiger charge is 2.19. The number of rotatable bonds is 6. The molecule has 1 N–H and O–H groups in total. The summed E-state index contributed by atoms with van der Waals surface area (Å²) in [7, 11) is 0. The van der Waals surface area contributed by atoms with E-state index < -0.39 is 0 Å². The van der Waals surface area contributed by atoms with E-state index in [0.29, 0.717) is 33.0 Å². The lowest BCUT2D eigenvalue weighted by Crippen LogP contribution is -2.22. The smallest absolute Gasteiger partial charge is 0.280 e. The third kappa shape index (κ3) is 5.46. The van der Waals surface area contributed by atoms with E-state index in [9.17, 15) is 4.79 Å². The molecule has 3 nitrogen and oxygen atoms in total. The van der Waals surface area contributed by atoms with Crippen molar-refractivity contribution in [3.8, 4) is 10.4 Å². The number of nitrogens with zero attached hydrogens (tertiary/aromatic N) is 1. The fourth-order valence-electron chi connectivity index (χ4n) is 3.09. The molecule has 0 saturated carbocycles. The largest absolute Gasteiger partial charge is 0.346 e. The first-order valence-corrected chi connectivity index (χ1v) is 11.5. The van der Waals surface area contributed by atoms with Gasteiger partial charge in [-0.1, -0.05) is 83.3 Å². The number of nitrogens with one attached hydrogen (secondary N) is 1. The van der Waals surface area contributed by atoms with Crippen LogP contribution in [0, 0.1) is 0 Å². The number of carbonyl (C=O) groups excluding carboxylic acids is 1. The Labute approximate surface area is 199 Å². The molecule has 31 heavy (non-hydrogen) atoms. The summed E-state index contributed by atoms with van der Waals surface area (Å²) in [6, 6.07) is 22.6. The molecule has 0 bridgehead atoms. The van der Waals surface area contributed by atoms with Crippen LogP contribution in [0.2, 0.25) is 15.1 Å². The van der Waals surface area contributed by atoms with Gasteiger partial charge < -0.3 is 5.32 Å². The van der Waals surface area contributed by atoms with Crippen molar-refractivity contribution < 1.29 is 4.79 Å². The van der Waals surface area contributed by atoms with Crippen molar-refractivity contribution >= 4 is 52.0 Å². The first kappa shape index (κ1) is 21.8. The minimum Gasteiger partial charge on any atom is -0.346 e. The second-order valence-corrected chi connectivity index (χ2v) is 9.16. The third-order valence-electron chi connectivity index (χ3n) is 4.67. The summed E-state index contributed by atoms with van der Waals surface area (Å²) in [4.78, 5) is 18.4. The summed E-state index contributed by atoms with van der Waals surface area (Å²) >= 11 is 19.8. The number of aromatic nitrogens is 1. The van der Waals surface area contributed by atoms with Gasteiger partial charge in [-0.05, 0) is 41.0 Å². The minimum absolute atomic E-state index is 0.211. The Morgan fingerprint density at radius 2 is 1.61 bits per heavy atom. The lowest BCUT2D eigenvalue weighted by atomic mass is 10.1. The van der Waals surface area contributed by atoms with Crippen LogP contribution in [0.1, 0.15) is 26.6 Å². The van der Waals surface area contributed by atoms with Crippen molar-refractivity contribution in [1.82, 2.24) is 10.3 Å². The lowest BCUT2D eigenvalue weighted by Gasteiger charge is -2.06. The van der Waals surface area contributed by atoms with Gasteiger partial charge in [-0.25, -0.2) is 4.98 Å². The molecule has 0 unspecified atom stereocenters. The molecule has 0 saturated heterocycles. The van der Waals surface area contributed by atoms with Gasteiger partial charge in [0.15, 0.2) is 5.01 Å².